The lowest BCUT2D eigenvalue weighted by Gasteiger charge is -2.40. The van der Waals surface area contributed by atoms with Gasteiger partial charge in [-0.2, -0.15) is 0 Å². The Labute approximate surface area is 196 Å². The van der Waals surface area contributed by atoms with Crippen LogP contribution in [0.15, 0.2) is 48.5 Å². The quantitative estimate of drug-likeness (QED) is 0.510. The van der Waals surface area contributed by atoms with Crippen molar-refractivity contribution in [3.63, 3.8) is 0 Å². The summed E-state index contributed by atoms with van der Waals surface area (Å²) in [6.45, 7) is 0.0949. The Morgan fingerprint density at radius 2 is 1.62 bits per heavy atom. The number of hydrogen-bond donors (Lipinski definition) is 3. The number of carboxylic acids is 1. The summed E-state index contributed by atoms with van der Waals surface area (Å²) in [4.78, 5) is 48.5. The molecular weight excluding hydrogens is 440 g/mol. The largest absolute Gasteiger partial charge is 0.480 e. The van der Waals surface area contributed by atoms with Crippen molar-refractivity contribution >= 4 is 23.9 Å². The van der Waals surface area contributed by atoms with Gasteiger partial charge in [0.1, 0.15) is 18.2 Å². The lowest BCUT2D eigenvalue weighted by molar-refractivity contribution is -0.149. The summed E-state index contributed by atoms with van der Waals surface area (Å²) in [6, 6.07) is 14.5. The standard InChI is InChI=1S/C25H26N2O7/c1-33-21(28)13-20(22(29)30)26-23(31)25(11-6-12-25)27-24(32)34-14-19-17-9-4-2-7-15(17)16-8-3-5-10-18(16)19/h2-5,7-10,19-20H,6,11-14H2,1H3,(H,26,31)(H,27,32)(H,29,30)/t20-/m1/s1. The highest BCUT2D eigenvalue weighted by atomic mass is 16.5. The van der Waals surface area contributed by atoms with E-state index in [-0.39, 0.29) is 12.5 Å². The number of amides is 2. The molecule has 3 N–H and O–H groups in total. The van der Waals surface area contributed by atoms with Gasteiger partial charge in [-0.15, -0.1) is 0 Å². The molecule has 1 atom stereocenters. The van der Waals surface area contributed by atoms with Crippen LogP contribution in [0.25, 0.3) is 11.1 Å². The minimum Gasteiger partial charge on any atom is -0.480 e. The highest BCUT2D eigenvalue weighted by Gasteiger charge is 2.47. The molecule has 1 fully saturated rings. The summed E-state index contributed by atoms with van der Waals surface area (Å²) in [5, 5.41) is 14.3. The molecule has 2 aromatic rings. The van der Waals surface area contributed by atoms with Gasteiger partial charge in [-0.05, 0) is 41.5 Å². The van der Waals surface area contributed by atoms with Crippen molar-refractivity contribution in [1.82, 2.24) is 10.6 Å². The zero-order valence-electron chi connectivity index (χ0n) is 18.7. The van der Waals surface area contributed by atoms with E-state index in [1.807, 2.05) is 48.5 Å². The monoisotopic (exact) mass is 466 g/mol. The number of methoxy groups -OCH3 is 1. The van der Waals surface area contributed by atoms with E-state index >= 15 is 0 Å². The fourth-order valence-corrected chi connectivity index (χ4v) is 4.52. The molecule has 2 aromatic carbocycles. The number of nitrogens with one attached hydrogen (secondary N) is 2. The average molecular weight is 466 g/mol. The van der Waals surface area contributed by atoms with Crippen LogP contribution in [0, 0.1) is 0 Å². The normalized spacial score (nSPS) is 16.3. The predicted octanol–water partition coefficient (Wildman–Crippen LogP) is 2.58. The first-order chi connectivity index (χ1) is 16.3. The van der Waals surface area contributed by atoms with Crippen molar-refractivity contribution in [3.8, 4) is 11.1 Å². The van der Waals surface area contributed by atoms with Crippen LogP contribution >= 0.6 is 0 Å². The fraction of sp³-hybridized carbons (Fsp3) is 0.360. The smallest absolute Gasteiger partial charge is 0.408 e. The lowest BCUT2D eigenvalue weighted by Crippen LogP contribution is -2.64. The van der Waals surface area contributed by atoms with Gasteiger partial charge >= 0.3 is 18.0 Å². The van der Waals surface area contributed by atoms with E-state index in [9.17, 15) is 24.3 Å². The summed E-state index contributed by atoms with van der Waals surface area (Å²) in [7, 11) is 1.13. The highest BCUT2D eigenvalue weighted by Crippen LogP contribution is 2.44. The molecule has 178 valence electrons. The number of alkyl carbamates (subject to hydrolysis) is 1. The third-order valence-corrected chi connectivity index (χ3v) is 6.53. The first kappa shape index (κ1) is 23.3. The topological polar surface area (TPSA) is 131 Å². The van der Waals surface area contributed by atoms with Crippen molar-refractivity contribution in [2.45, 2.75) is 43.2 Å². The first-order valence-electron chi connectivity index (χ1n) is 11.1. The SMILES string of the molecule is COC(=O)C[C@@H](NC(=O)C1(NC(=O)OCC2c3ccccc3-c3ccccc32)CCC1)C(=O)O. The van der Waals surface area contributed by atoms with Gasteiger partial charge in [0.05, 0.1) is 13.5 Å². The van der Waals surface area contributed by atoms with Crippen molar-refractivity contribution < 1.29 is 33.8 Å². The number of carbonyl (C=O) groups excluding carboxylic acids is 3. The molecule has 0 heterocycles. The second-order valence-corrected chi connectivity index (χ2v) is 8.53. The fourth-order valence-electron chi connectivity index (χ4n) is 4.52. The number of ether oxygens (including phenoxy) is 2. The third kappa shape index (κ3) is 4.46. The number of hydrogen-bond acceptors (Lipinski definition) is 6. The Morgan fingerprint density at radius 3 is 2.12 bits per heavy atom. The minimum absolute atomic E-state index is 0.0949. The maximum Gasteiger partial charge on any atom is 0.408 e. The van der Waals surface area contributed by atoms with Crippen LogP contribution in [0.4, 0.5) is 4.79 Å². The number of esters is 1. The van der Waals surface area contributed by atoms with Crippen LogP contribution in [-0.4, -0.2) is 54.3 Å². The number of benzene rings is 2. The molecule has 0 bridgehead atoms. The van der Waals surface area contributed by atoms with E-state index in [0.717, 1.165) is 29.4 Å². The molecule has 0 aliphatic heterocycles. The van der Waals surface area contributed by atoms with Crippen molar-refractivity contribution in [2.24, 2.45) is 0 Å². The lowest BCUT2D eigenvalue weighted by atomic mass is 9.76. The Hall–Kier alpha value is -3.88. The van der Waals surface area contributed by atoms with Crippen molar-refractivity contribution in [3.05, 3.63) is 59.7 Å². The number of fused-ring (bicyclic) bond motifs is 3. The molecule has 0 aromatic heterocycles. The van der Waals surface area contributed by atoms with Gasteiger partial charge in [0.15, 0.2) is 0 Å². The highest BCUT2D eigenvalue weighted by molar-refractivity contribution is 5.94. The number of carboxylic acid groups (broad SMARTS) is 1. The summed E-state index contributed by atoms with van der Waals surface area (Å²) < 4.78 is 10.0. The van der Waals surface area contributed by atoms with Gasteiger partial charge in [-0.3, -0.25) is 9.59 Å². The summed E-state index contributed by atoms with van der Waals surface area (Å²) in [5.41, 5.74) is 3.07. The predicted molar refractivity (Wildman–Crippen MR) is 121 cm³/mol. The molecule has 1 saturated carbocycles. The molecule has 0 radical (unpaired) electrons. The Morgan fingerprint density at radius 1 is 1.03 bits per heavy atom. The molecule has 0 saturated heterocycles. The molecule has 0 unspecified atom stereocenters. The molecule has 2 aliphatic rings. The van der Waals surface area contributed by atoms with Crippen LogP contribution < -0.4 is 10.6 Å². The number of carbonyl (C=O) groups is 4. The Balaban J connectivity index is 1.41. The van der Waals surface area contributed by atoms with E-state index in [0.29, 0.717) is 19.3 Å². The van der Waals surface area contributed by atoms with Gasteiger partial charge in [0, 0.05) is 5.92 Å². The average Bonchev–Trinajstić information content (AvgIpc) is 3.13. The van der Waals surface area contributed by atoms with E-state index in [1.54, 1.807) is 0 Å². The van der Waals surface area contributed by atoms with Gasteiger partial charge < -0.3 is 25.2 Å². The van der Waals surface area contributed by atoms with Gasteiger partial charge in [0.25, 0.3) is 0 Å². The van der Waals surface area contributed by atoms with E-state index < -0.39 is 41.9 Å². The molecule has 4 rings (SSSR count). The maximum atomic E-state index is 12.9. The minimum atomic E-state index is -1.46. The molecular formula is C25H26N2O7. The van der Waals surface area contributed by atoms with Gasteiger partial charge in [0.2, 0.25) is 5.91 Å². The van der Waals surface area contributed by atoms with Gasteiger partial charge in [-0.1, -0.05) is 48.5 Å². The van der Waals surface area contributed by atoms with Crippen LogP contribution in [0.5, 0.6) is 0 Å². The number of aliphatic carboxylic acids is 1. The zero-order valence-corrected chi connectivity index (χ0v) is 18.7. The van der Waals surface area contributed by atoms with Crippen LogP contribution in [-0.2, 0) is 23.9 Å². The molecule has 2 aliphatic carbocycles. The second-order valence-electron chi connectivity index (χ2n) is 8.53. The Bertz CT molecular complexity index is 1080. The van der Waals surface area contributed by atoms with E-state index in [4.69, 9.17) is 4.74 Å². The maximum absolute atomic E-state index is 12.9. The number of rotatable bonds is 8. The van der Waals surface area contributed by atoms with E-state index in [2.05, 4.69) is 15.4 Å². The first-order valence-corrected chi connectivity index (χ1v) is 11.1. The second kappa shape index (κ2) is 9.54. The van der Waals surface area contributed by atoms with Crippen LogP contribution in [0.2, 0.25) is 0 Å². The Kier molecular flexibility index (Phi) is 6.54. The molecule has 9 nitrogen and oxygen atoms in total. The molecule has 34 heavy (non-hydrogen) atoms. The zero-order chi connectivity index (χ0) is 24.3. The van der Waals surface area contributed by atoms with Gasteiger partial charge in [-0.25, -0.2) is 9.59 Å². The molecule has 0 spiro atoms. The van der Waals surface area contributed by atoms with E-state index in [1.165, 1.54) is 0 Å². The third-order valence-electron chi connectivity index (χ3n) is 6.53. The van der Waals surface area contributed by atoms with Crippen molar-refractivity contribution in [2.75, 3.05) is 13.7 Å². The molecule has 9 heteroatoms. The van der Waals surface area contributed by atoms with Crippen molar-refractivity contribution in [1.29, 1.82) is 0 Å². The summed E-state index contributed by atoms with van der Waals surface area (Å²) >= 11 is 0. The van der Waals surface area contributed by atoms with Crippen LogP contribution in [0.1, 0.15) is 42.7 Å². The van der Waals surface area contributed by atoms with Crippen LogP contribution in [0.3, 0.4) is 0 Å². The summed E-state index contributed by atoms with van der Waals surface area (Å²) in [6.07, 6.45) is 0.0996. The summed E-state index contributed by atoms with van der Waals surface area (Å²) in [5.74, 6) is -2.92. The molecule has 2 amide bonds.